The molecule has 0 fully saturated rings. The molecule has 0 aliphatic heterocycles. The van der Waals surface area contributed by atoms with Gasteiger partial charge in [0, 0.05) is 10.7 Å². The van der Waals surface area contributed by atoms with Crippen LogP contribution in [0.5, 0.6) is 5.75 Å². The summed E-state index contributed by atoms with van der Waals surface area (Å²) in [6.45, 7) is 2.23. The molecule has 0 bridgehead atoms. The highest BCUT2D eigenvalue weighted by Crippen LogP contribution is 2.28. The monoisotopic (exact) mass is 439 g/mol. The highest BCUT2D eigenvalue weighted by molar-refractivity contribution is 6.35. The van der Waals surface area contributed by atoms with E-state index in [-0.39, 0.29) is 19.1 Å². The maximum atomic E-state index is 12.8. The summed E-state index contributed by atoms with van der Waals surface area (Å²) in [5.41, 5.74) is 3.44. The summed E-state index contributed by atoms with van der Waals surface area (Å²) in [5.74, 6) is 0.990. The van der Waals surface area contributed by atoms with Crippen molar-refractivity contribution in [3.05, 3.63) is 88.2 Å². The van der Waals surface area contributed by atoms with E-state index in [0.717, 1.165) is 22.3 Å². The largest absolute Gasteiger partial charge is 0.484 e. The van der Waals surface area contributed by atoms with E-state index in [1.807, 2.05) is 60.0 Å². The van der Waals surface area contributed by atoms with Gasteiger partial charge in [-0.2, -0.15) is 0 Å². The first-order valence-electron chi connectivity index (χ1n) is 9.39. The van der Waals surface area contributed by atoms with Crippen molar-refractivity contribution in [3.8, 4) is 5.75 Å². The number of fused-ring (bicyclic) bond motifs is 1. The first-order chi connectivity index (χ1) is 14.5. The number of imidazole rings is 1. The number of nitrogens with one attached hydrogen (secondary N) is 1. The van der Waals surface area contributed by atoms with Gasteiger partial charge in [0.1, 0.15) is 24.7 Å². The number of amides is 1. The van der Waals surface area contributed by atoms with Crippen molar-refractivity contribution in [1.29, 1.82) is 0 Å². The fourth-order valence-corrected chi connectivity index (χ4v) is 3.66. The Morgan fingerprint density at radius 2 is 1.83 bits per heavy atom. The van der Waals surface area contributed by atoms with Gasteiger partial charge in [-0.05, 0) is 48.9 Å². The molecule has 0 radical (unpaired) electrons. The molecule has 0 aliphatic rings. The number of halogens is 2. The third kappa shape index (κ3) is 4.42. The Morgan fingerprint density at radius 1 is 1.07 bits per heavy atom. The molecular formula is C23H19Cl2N3O2. The van der Waals surface area contributed by atoms with Crippen LogP contribution in [0.1, 0.15) is 11.4 Å². The number of para-hydroxylation sites is 3. The number of aryl methyl sites for hydroxylation is 1. The lowest BCUT2D eigenvalue weighted by Gasteiger charge is -2.12. The van der Waals surface area contributed by atoms with Crippen LogP contribution in [0.3, 0.4) is 0 Å². The molecule has 3 aromatic carbocycles. The van der Waals surface area contributed by atoms with E-state index in [1.165, 1.54) is 0 Å². The Bertz CT molecular complexity index is 1220. The van der Waals surface area contributed by atoms with Crippen LogP contribution < -0.4 is 10.1 Å². The Hall–Kier alpha value is -3.02. The van der Waals surface area contributed by atoms with Crippen molar-refractivity contribution in [1.82, 2.24) is 9.55 Å². The first-order valence-corrected chi connectivity index (χ1v) is 10.1. The lowest BCUT2D eigenvalue weighted by atomic mass is 10.2. The van der Waals surface area contributed by atoms with Crippen molar-refractivity contribution in [3.63, 3.8) is 0 Å². The van der Waals surface area contributed by atoms with Gasteiger partial charge in [-0.15, -0.1) is 0 Å². The molecule has 4 aromatic rings. The molecule has 1 aromatic heterocycles. The highest BCUT2D eigenvalue weighted by atomic mass is 35.5. The molecule has 1 N–H and O–H groups in total. The maximum absolute atomic E-state index is 12.8. The van der Waals surface area contributed by atoms with Crippen molar-refractivity contribution in [2.45, 2.75) is 20.1 Å². The summed E-state index contributed by atoms with van der Waals surface area (Å²) in [6, 6.07) is 20.4. The Balaban J connectivity index is 1.58. The minimum Gasteiger partial charge on any atom is -0.484 e. The fraction of sp³-hybridized carbons (Fsp3) is 0.130. The molecule has 5 nitrogen and oxygen atoms in total. The normalized spacial score (nSPS) is 10.9. The van der Waals surface area contributed by atoms with Crippen LogP contribution in [0.25, 0.3) is 11.0 Å². The first kappa shape index (κ1) is 20.3. The van der Waals surface area contributed by atoms with Crippen LogP contribution in [0.4, 0.5) is 5.69 Å². The van der Waals surface area contributed by atoms with Crippen LogP contribution >= 0.6 is 23.2 Å². The highest BCUT2D eigenvalue weighted by Gasteiger charge is 2.15. The smallest absolute Gasteiger partial charge is 0.244 e. The molecule has 152 valence electrons. The predicted octanol–water partition coefficient (Wildman–Crippen LogP) is 5.87. The molecule has 1 heterocycles. The molecule has 7 heteroatoms. The summed E-state index contributed by atoms with van der Waals surface area (Å²) in [5, 5.41) is 3.92. The number of benzene rings is 3. The van der Waals surface area contributed by atoms with Crippen molar-refractivity contribution >= 4 is 45.8 Å². The number of carbonyl (C=O) groups is 1. The van der Waals surface area contributed by atoms with Crippen LogP contribution in [-0.2, 0) is 17.9 Å². The molecule has 0 aliphatic carbocycles. The molecule has 0 spiro atoms. The average Bonchev–Trinajstić information content (AvgIpc) is 3.06. The number of hydrogen-bond donors (Lipinski definition) is 1. The number of ether oxygens (including phenoxy) is 1. The minimum absolute atomic E-state index is 0.113. The van der Waals surface area contributed by atoms with E-state index in [9.17, 15) is 4.79 Å². The molecule has 0 saturated heterocycles. The number of aromatic nitrogens is 2. The molecule has 0 saturated carbocycles. The summed E-state index contributed by atoms with van der Waals surface area (Å²) in [6.07, 6.45) is 0. The van der Waals surface area contributed by atoms with Gasteiger partial charge in [-0.25, -0.2) is 4.98 Å². The van der Waals surface area contributed by atoms with E-state index >= 15 is 0 Å². The number of hydrogen-bond acceptors (Lipinski definition) is 3. The standard InChI is InChI=1S/C23H19Cl2N3O2/c1-15-6-2-3-7-18(15)27-23(29)13-28-20-9-5-4-8-19(20)26-22(28)14-30-21-11-10-16(24)12-17(21)25/h2-12H,13-14H2,1H3,(H,27,29). The Morgan fingerprint density at radius 3 is 2.63 bits per heavy atom. The molecule has 1 amide bonds. The average molecular weight is 440 g/mol. The van der Waals surface area contributed by atoms with Crippen LogP contribution in [0.2, 0.25) is 10.0 Å². The van der Waals surface area contributed by atoms with Crippen LogP contribution in [0.15, 0.2) is 66.7 Å². The quantitative estimate of drug-likeness (QED) is 0.408. The SMILES string of the molecule is Cc1ccccc1NC(=O)Cn1c(COc2ccc(Cl)cc2Cl)nc2ccccc21. The Labute approximate surface area is 184 Å². The topological polar surface area (TPSA) is 56.2 Å². The summed E-state index contributed by atoms with van der Waals surface area (Å²) in [7, 11) is 0. The van der Waals surface area contributed by atoms with E-state index in [0.29, 0.717) is 21.6 Å². The van der Waals surface area contributed by atoms with Crippen molar-refractivity contribution < 1.29 is 9.53 Å². The Kier molecular flexibility index (Phi) is 5.93. The summed E-state index contributed by atoms with van der Waals surface area (Å²) >= 11 is 12.1. The maximum Gasteiger partial charge on any atom is 0.244 e. The van der Waals surface area contributed by atoms with Gasteiger partial charge < -0.3 is 14.6 Å². The van der Waals surface area contributed by atoms with Gasteiger partial charge in [0.25, 0.3) is 0 Å². The van der Waals surface area contributed by atoms with E-state index in [2.05, 4.69) is 10.3 Å². The second-order valence-electron chi connectivity index (χ2n) is 6.83. The van der Waals surface area contributed by atoms with E-state index in [4.69, 9.17) is 27.9 Å². The van der Waals surface area contributed by atoms with Crippen LogP contribution in [-0.4, -0.2) is 15.5 Å². The van der Waals surface area contributed by atoms with Crippen molar-refractivity contribution in [2.75, 3.05) is 5.32 Å². The third-order valence-corrected chi connectivity index (χ3v) is 5.24. The molecule has 0 atom stereocenters. The number of carbonyl (C=O) groups excluding carboxylic acids is 1. The van der Waals surface area contributed by atoms with Gasteiger partial charge in [0.05, 0.1) is 16.1 Å². The van der Waals surface area contributed by atoms with Gasteiger partial charge in [-0.1, -0.05) is 53.5 Å². The molecule has 30 heavy (non-hydrogen) atoms. The second-order valence-corrected chi connectivity index (χ2v) is 7.67. The number of anilines is 1. The molecule has 4 rings (SSSR count). The van der Waals surface area contributed by atoms with Crippen LogP contribution in [0, 0.1) is 6.92 Å². The van der Waals surface area contributed by atoms with E-state index < -0.39 is 0 Å². The third-order valence-electron chi connectivity index (χ3n) is 4.71. The van der Waals surface area contributed by atoms with Gasteiger partial charge in [-0.3, -0.25) is 4.79 Å². The lowest BCUT2D eigenvalue weighted by molar-refractivity contribution is -0.116. The van der Waals surface area contributed by atoms with Gasteiger partial charge in [0.2, 0.25) is 5.91 Å². The number of nitrogens with zero attached hydrogens (tertiary/aromatic N) is 2. The van der Waals surface area contributed by atoms with Gasteiger partial charge in [0.15, 0.2) is 0 Å². The minimum atomic E-state index is -0.141. The van der Waals surface area contributed by atoms with E-state index in [1.54, 1.807) is 18.2 Å². The summed E-state index contributed by atoms with van der Waals surface area (Å²) < 4.78 is 7.72. The molecular weight excluding hydrogens is 421 g/mol. The molecule has 0 unspecified atom stereocenters. The second kappa shape index (κ2) is 8.78. The fourth-order valence-electron chi connectivity index (χ4n) is 3.19. The van der Waals surface area contributed by atoms with Crippen molar-refractivity contribution in [2.24, 2.45) is 0 Å². The lowest BCUT2D eigenvalue weighted by Crippen LogP contribution is -2.21. The number of rotatable bonds is 6. The zero-order valence-corrected chi connectivity index (χ0v) is 17.7. The zero-order chi connectivity index (χ0) is 21.1. The predicted molar refractivity (Wildman–Crippen MR) is 120 cm³/mol. The zero-order valence-electron chi connectivity index (χ0n) is 16.2. The van der Waals surface area contributed by atoms with Gasteiger partial charge >= 0.3 is 0 Å². The summed E-state index contributed by atoms with van der Waals surface area (Å²) in [4.78, 5) is 17.4.